The molecule has 0 spiro atoms. The minimum absolute atomic E-state index is 0.0178. The van der Waals surface area contributed by atoms with Gasteiger partial charge in [-0.15, -0.1) is 0 Å². The Labute approximate surface area is 560 Å². The van der Waals surface area contributed by atoms with Crippen LogP contribution in [0, 0.1) is 0 Å². The van der Waals surface area contributed by atoms with E-state index in [4.69, 9.17) is 127 Å². The Balaban J connectivity index is 0.792. The van der Waals surface area contributed by atoms with Crippen LogP contribution in [0.2, 0.25) is 0 Å². The lowest BCUT2D eigenvalue weighted by atomic mass is 10.1. The van der Waals surface area contributed by atoms with Gasteiger partial charge in [0.05, 0.1) is 25.3 Å². The predicted octanol–water partition coefficient (Wildman–Crippen LogP) is -7.64. The molecule has 52 heteroatoms. The van der Waals surface area contributed by atoms with Crippen molar-refractivity contribution < 1.29 is 116 Å². The Morgan fingerprint density at radius 2 is 0.594 bits per heavy atom. The van der Waals surface area contributed by atoms with Gasteiger partial charge in [-0.05, 0) is 0 Å². The van der Waals surface area contributed by atoms with E-state index in [0.29, 0.717) is 0 Å². The number of aliphatic hydroxyl groups excluding tert-OH is 8. The van der Waals surface area contributed by atoms with E-state index >= 15 is 0 Å². The molecule has 4 saturated heterocycles. The summed E-state index contributed by atoms with van der Waals surface area (Å²) in [6, 6.07) is 0. The van der Waals surface area contributed by atoms with Crippen molar-refractivity contribution in [1.82, 2.24) is 78.1 Å². The van der Waals surface area contributed by atoms with Gasteiger partial charge in [-0.1, -0.05) is 0 Å². The molecule has 4 aliphatic rings. The first-order valence-corrected chi connectivity index (χ1v) is 38.0. The van der Waals surface area contributed by atoms with Gasteiger partial charge in [-0.3, -0.25) is 18.3 Å². The molecule has 22 atom stereocenters. The number of fused-ring (bicyclic) bond motifs is 4. The van der Waals surface area contributed by atoms with Crippen LogP contribution < -0.4 is 42.5 Å². The van der Waals surface area contributed by atoms with Crippen LogP contribution in [0.25, 0.3) is 44.7 Å². The Kier molecular flexibility index (Phi) is 21.2. The molecule has 44 nitrogen and oxygen atoms in total. The van der Waals surface area contributed by atoms with Gasteiger partial charge < -0.3 is 151 Å². The van der Waals surface area contributed by atoms with Crippen LogP contribution in [0.5, 0.6) is 0 Å². The fraction of sp³-hybridized carbons (Fsp3) is 0.545. The van der Waals surface area contributed by atoms with Crippen molar-refractivity contribution >= 4 is 146 Å². The molecule has 96 heavy (non-hydrogen) atoms. The SMILES string of the molecule is Nc1ncnc2c1ncn2[C@@H]1O[C@H](CO[P+]([O-])([S-])OC[C@H](O[P+]([O-])([S-])OC[C@H]2O[C@@H](n3cnc4c(N)ncnc43)[C@H](O)[C@@H]2O)[C@@H](CO[P+]([O-])([S-])OC[C@H]2O[C@@H](n3cnc4c(N)ncnc43)[C@H](O)[C@@H]2O)O[P+]([O-])([S-])OC[C@H]2O[C@@H](n3cnc4c(N)ncnc43)[C@H](O)[C@@H]2O)[C@@H](O)[C@H]1O. The number of nitrogens with zero attached hydrogens (tertiary/aromatic N) is 16. The molecule has 8 aromatic heterocycles. The summed E-state index contributed by atoms with van der Waals surface area (Å²) in [4.78, 5) is 106. The minimum Gasteiger partial charge on any atom is -0.649 e. The summed E-state index contributed by atoms with van der Waals surface area (Å²) in [7, 11) is -20.5. The Morgan fingerprint density at radius 1 is 0.365 bits per heavy atom. The number of nitrogen functional groups attached to an aromatic ring is 4. The summed E-state index contributed by atoms with van der Waals surface area (Å²) in [5.41, 5.74) is 24.5. The third kappa shape index (κ3) is 14.8. The quantitative estimate of drug-likeness (QED) is 0.0168. The smallest absolute Gasteiger partial charge is 0.167 e. The number of imidazole rings is 4. The molecule has 4 aliphatic heterocycles. The summed E-state index contributed by atoms with van der Waals surface area (Å²) in [6.07, 6.45) is -21.5. The van der Waals surface area contributed by atoms with E-state index in [0.717, 1.165) is 25.3 Å². The molecule has 522 valence electrons. The average Bonchev–Trinajstić information content (AvgIpc) is 1.64. The first kappa shape index (κ1) is 71.4. The fourth-order valence-corrected chi connectivity index (χ4v) is 15.5. The second kappa shape index (κ2) is 28.5. The zero-order valence-corrected chi connectivity index (χ0v) is 55.1. The van der Waals surface area contributed by atoms with E-state index in [1.807, 2.05) is 0 Å². The summed E-state index contributed by atoms with van der Waals surface area (Å²) >= 11 is 21.0. The van der Waals surface area contributed by atoms with Gasteiger partial charge in [0.2, 0.25) is 0 Å². The lowest BCUT2D eigenvalue weighted by Gasteiger charge is -2.43. The number of nitrogens with two attached hydrogens (primary N) is 4. The molecule has 4 unspecified atom stereocenters. The van der Waals surface area contributed by atoms with Crippen LogP contribution in [0.4, 0.5) is 23.3 Å². The van der Waals surface area contributed by atoms with E-state index in [-0.39, 0.29) is 67.9 Å². The van der Waals surface area contributed by atoms with E-state index in [2.05, 4.69) is 59.8 Å². The standard InChI is InChI=1S/C44H58N20O24P4S4/c45-33-21-37(53-7-49-33)61(11-57-21)41-29(69)25(65)17(83-41)3-79-89(73,93)77-1-15(87-91(75,95)81-5-19-27(67)31(71)43(85-19)63-13-59-23-35(47)51-9-55-39(23)63)16(88-92(76,96)82-6-20-28(68)32(72)44(86-20)64-14-60-24-36(48)52-10-56-40(24)64)2-78-90(74,94)80-4-18-26(66)30(70)42(84-18)62-12-58-22-34(46)50-8-54-38(22)62/h7-20,25-32,41-44,65-72H,1-6H2,(H,73,93)(H,74,94)(H,75,95)(H,76,96)(H2,45,49,53)(H2,46,50,54)(H2,47,51,55)(H2,48,52,56)/p-4/t15-,16+,17-,18-,19-,20-,25-,26-,27-,28-,29-,30-,31-,32-,41-,42-,43-,44-,89?,90?,91?,92?/m1/s1. The van der Waals surface area contributed by atoms with Crippen LogP contribution in [0.1, 0.15) is 24.9 Å². The second-order valence-corrected chi connectivity index (χ2v) is 32.3. The molecule has 0 bridgehead atoms. The molecule has 4 fully saturated rings. The van der Waals surface area contributed by atoms with Gasteiger partial charge in [0, 0.05) is 0 Å². The third-order valence-corrected chi connectivity index (χ3v) is 21.6. The number of ether oxygens (including phenoxy) is 4. The average molecular weight is 1500 g/mol. The van der Waals surface area contributed by atoms with Gasteiger partial charge in [0.1, 0.15) is 189 Å². The predicted molar refractivity (Wildman–Crippen MR) is 325 cm³/mol. The molecule has 0 amide bonds. The van der Waals surface area contributed by atoms with Crippen molar-refractivity contribution in [3.63, 3.8) is 0 Å². The Hall–Kier alpha value is -4.44. The summed E-state index contributed by atoms with van der Waals surface area (Å²) < 4.78 is 72.9. The van der Waals surface area contributed by atoms with Crippen LogP contribution >= 0.6 is 28.6 Å². The number of rotatable bonds is 27. The molecule has 0 radical (unpaired) electrons. The van der Waals surface area contributed by atoms with E-state index in [9.17, 15) is 60.4 Å². The monoisotopic (exact) mass is 1500 g/mol. The first-order chi connectivity index (χ1) is 45.5. The zero-order valence-electron chi connectivity index (χ0n) is 48.3. The number of hydrogen-bond acceptors (Lipinski definition) is 44. The summed E-state index contributed by atoms with van der Waals surface area (Å²) in [6.45, 7) is -6.36. The van der Waals surface area contributed by atoms with E-state index in [1.54, 1.807) is 0 Å². The van der Waals surface area contributed by atoms with Crippen molar-refractivity contribution in [2.24, 2.45) is 0 Å². The Bertz CT molecular complexity index is 3800. The molecular formula is C44H54N20O24P4S4-4. The minimum atomic E-state index is -5.24. The molecule has 0 saturated carbocycles. The van der Waals surface area contributed by atoms with Crippen LogP contribution in [0.15, 0.2) is 50.6 Å². The zero-order chi connectivity index (χ0) is 68.5. The van der Waals surface area contributed by atoms with Crippen molar-refractivity contribution in [2.75, 3.05) is 62.6 Å². The highest BCUT2D eigenvalue weighted by Crippen LogP contribution is 2.59. The third-order valence-electron chi connectivity index (χ3n) is 15.3. The fourth-order valence-electron chi connectivity index (χ4n) is 10.5. The summed E-state index contributed by atoms with van der Waals surface area (Å²) in [5, 5.41) is 89.0. The first-order valence-electron chi connectivity index (χ1n) is 27.8. The molecule has 0 aromatic carbocycles. The molecule has 12 heterocycles. The molecule has 12 rings (SSSR count). The van der Waals surface area contributed by atoms with Gasteiger partial charge >= 0.3 is 0 Å². The topological polar surface area (TPSA) is 643 Å². The highest BCUT2D eigenvalue weighted by Gasteiger charge is 2.51. The van der Waals surface area contributed by atoms with Gasteiger partial charge in [-0.2, -0.15) is 0 Å². The Morgan fingerprint density at radius 3 is 0.833 bits per heavy atom. The number of aromatic nitrogens is 16. The summed E-state index contributed by atoms with van der Waals surface area (Å²) in [5.74, 6) is -0.0990. The van der Waals surface area contributed by atoms with Crippen molar-refractivity contribution in [3.8, 4) is 0 Å². The maximum atomic E-state index is 14.5. The van der Waals surface area contributed by atoms with Gasteiger partial charge in [0.15, 0.2) is 83.0 Å². The highest BCUT2D eigenvalue weighted by molar-refractivity contribution is 8.35. The lowest BCUT2D eigenvalue weighted by Crippen LogP contribution is -2.43. The van der Waals surface area contributed by atoms with E-state index < -0.39 is 179 Å². The normalized spacial score (nSPS) is 31.1. The second-order valence-electron chi connectivity index (χ2n) is 21.4. The van der Waals surface area contributed by atoms with Gasteiger partial charge in [-0.25, -0.2) is 96.0 Å². The van der Waals surface area contributed by atoms with Crippen molar-refractivity contribution in [2.45, 2.75) is 110 Å². The number of aliphatic hydroxyl groups is 8. The van der Waals surface area contributed by atoms with Crippen molar-refractivity contribution in [1.29, 1.82) is 0 Å². The van der Waals surface area contributed by atoms with Crippen LogP contribution in [-0.2, 0) is 104 Å². The number of hydrogen-bond donors (Lipinski definition) is 12. The highest BCUT2D eigenvalue weighted by atomic mass is 32.7. The van der Waals surface area contributed by atoms with E-state index in [1.165, 1.54) is 43.6 Å². The largest absolute Gasteiger partial charge is 0.649 e. The van der Waals surface area contributed by atoms with Crippen LogP contribution in [0.3, 0.4) is 0 Å². The van der Waals surface area contributed by atoms with Crippen molar-refractivity contribution in [3.05, 3.63) is 50.6 Å². The molecule has 0 aliphatic carbocycles. The molecular weight excluding hydrogens is 1440 g/mol. The molecule has 16 N–H and O–H groups in total. The number of anilines is 4. The lowest BCUT2D eigenvalue weighted by molar-refractivity contribution is -0.239. The maximum absolute atomic E-state index is 14.5. The molecule has 8 aromatic rings. The van der Waals surface area contributed by atoms with Gasteiger partial charge in [0.25, 0.3) is 0 Å². The maximum Gasteiger partial charge on any atom is 0.167 e. The van der Waals surface area contributed by atoms with Crippen LogP contribution in [-0.4, -0.2) is 244 Å².